The largest absolute Gasteiger partial charge is 0.452 e. The molecule has 25 heavy (non-hydrogen) atoms. The van der Waals surface area contributed by atoms with Crippen LogP contribution in [0.5, 0.6) is 0 Å². The topological polar surface area (TPSA) is 98.5 Å². The summed E-state index contributed by atoms with van der Waals surface area (Å²) < 4.78 is 30.8. The molecule has 7 nitrogen and oxygen atoms in total. The number of amides is 1. The van der Waals surface area contributed by atoms with Gasteiger partial charge in [0.1, 0.15) is 5.82 Å². The molecule has 2 rings (SSSR count). The van der Waals surface area contributed by atoms with E-state index in [1.165, 1.54) is 0 Å². The monoisotopic (exact) mass is 370 g/mol. The van der Waals surface area contributed by atoms with E-state index in [4.69, 9.17) is 16.3 Å². The van der Waals surface area contributed by atoms with Gasteiger partial charge in [-0.05, 0) is 30.3 Å². The number of nitro benzene ring substituents is 1. The summed E-state index contributed by atoms with van der Waals surface area (Å²) in [4.78, 5) is 33.2. The van der Waals surface area contributed by atoms with Crippen LogP contribution >= 0.6 is 11.6 Å². The van der Waals surface area contributed by atoms with E-state index in [2.05, 4.69) is 5.32 Å². The van der Waals surface area contributed by atoms with Gasteiger partial charge in [0.2, 0.25) is 5.82 Å². The molecule has 10 heteroatoms. The molecule has 0 unspecified atom stereocenters. The molecule has 0 heterocycles. The van der Waals surface area contributed by atoms with Gasteiger partial charge in [0.05, 0.1) is 15.5 Å². The fraction of sp³-hybridized carbons (Fsp3) is 0.0667. The van der Waals surface area contributed by atoms with Crippen LogP contribution < -0.4 is 5.32 Å². The van der Waals surface area contributed by atoms with E-state index < -0.39 is 40.7 Å². The Bertz CT molecular complexity index is 860. The zero-order chi connectivity index (χ0) is 18.6. The summed E-state index contributed by atoms with van der Waals surface area (Å²) in [5.41, 5.74) is -0.991. The summed E-state index contributed by atoms with van der Waals surface area (Å²) in [7, 11) is 0. The summed E-state index contributed by atoms with van der Waals surface area (Å²) in [5.74, 6) is -3.46. The first-order valence-corrected chi connectivity index (χ1v) is 7.01. The lowest BCUT2D eigenvalue weighted by atomic mass is 10.2. The third-order valence-electron chi connectivity index (χ3n) is 2.91. The van der Waals surface area contributed by atoms with Crippen molar-refractivity contribution in [1.29, 1.82) is 0 Å². The Hall–Kier alpha value is -3.07. The highest BCUT2D eigenvalue weighted by Gasteiger charge is 2.17. The van der Waals surface area contributed by atoms with E-state index >= 15 is 0 Å². The Balaban J connectivity index is 1.98. The average Bonchev–Trinajstić information content (AvgIpc) is 2.54. The van der Waals surface area contributed by atoms with Crippen LogP contribution in [0.3, 0.4) is 0 Å². The number of hydrogen-bond donors (Lipinski definition) is 1. The molecule has 0 aromatic heterocycles. The Kier molecular flexibility index (Phi) is 5.60. The first-order valence-electron chi connectivity index (χ1n) is 6.64. The highest BCUT2D eigenvalue weighted by Crippen LogP contribution is 2.22. The van der Waals surface area contributed by atoms with E-state index in [1.54, 1.807) is 0 Å². The van der Waals surface area contributed by atoms with E-state index in [9.17, 15) is 28.5 Å². The molecule has 0 saturated carbocycles. The van der Waals surface area contributed by atoms with Crippen LogP contribution in [0, 0.1) is 21.7 Å². The van der Waals surface area contributed by atoms with Crippen molar-refractivity contribution in [3.8, 4) is 0 Å². The Morgan fingerprint density at radius 1 is 1.20 bits per heavy atom. The maximum absolute atomic E-state index is 13.2. The van der Waals surface area contributed by atoms with Crippen molar-refractivity contribution in [3.05, 3.63) is 68.7 Å². The van der Waals surface area contributed by atoms with Gasteiger partial charge >= 0.3 is 11.7 Å². The molecule has 0 aliphatic heterocycles. The van der Waals surface area contributed by atoms with Gasteiger partial charge in [0, 0.05) is 11.8 Å². The SMILES string of the molecule is O=C(COC(=O)c1ccc(F)cc1Cl)Nc1ccc(F)c([N+](=O)[O-])c1. The number of hydrogen-bond acceptors (Lipinski definition) is 5. The number of nitro groups is 1. The quantitative estimate of drug-likeness (QED) is 0.494. The molecule has 0 saturated heterocycles. The number of rotatable bonds is 5. The fourth-order valence-corrected chi connectivity index (χ4v) is 2.04. The van der Waals surface area contributed by atoms with Crippen molar-refractivity contribution >= 4 is 34.9 Å². The second kappa shape index (κ2) is 7.67. The Morgan fingerprint density at radius 2 is 1.92 bits per heavy atom. The maximum atomic E-state index is 13.2. The van der Waals surface area contributed by atoms with Crippen molar-refractivity contribution in [3.63, 3.8) is 0 Å². The minimum atomic E-state index is -1.06. The molecule has 0 aliphatic rings. The van der Waals surface area contributed by atoms with Gasteiger partial charge in [-0.2, -0.15) is 4.39 Å². The average molecular weight is 371 g/mol. The molecule has 0 fully saturated rings. The van der Waals surface area contributed by atoms with E-state index in [1.807, 2.05) is 0 Å². The minimum Gasteiger partial charge on any atom is -0.452 e. The maximum Gasteiger partial charge on any atom is 0.340 e. The van der Waals surface area contributed by atoms with Gasteiger partial charge in [-0.1, -0.05) is 11.6 Å². The van der Waals surface area contributed by atoms with Crippen LogP contribution in [0.2, 0.25) is 5.02 Å². The van der Waals surface area contributed by atoms with Crippen molar-refractivity contribution in [1.82, 2.24) is 0 Å². The standard InChI is InChI=1S/C15H9ClF2N2O5/c16-11-5-8(17)1-3-10(11)15(22)25-7-14(21)19-9-2-4-12(18)13(6-9)20(23)24/h1-6H,7H2,(H,19,21). The zero-order valence-electron chi connectivity index (χ0n) is 12.3. The third-order valence-corrected chi connectivity index (χ3v) is 3.22. The third kappa shape index (κ3) is 4.70. The zero-order valence-corrected chi connectivity index (χ0v) is 13.0. The molecule has 130 valence electrons. The first-order chi connectivity index (χ1) is 11.8. The Morgan fingerprint density at radius 3 is 2.56 bits per heavy atom. The predicted octanol–water partition coefficient (Wildman–Crippen LogP) is 3.32. The van der Waals surface area contributed by atoms with Gasteiger partial charge in [-0.15, -0.1) is 0 Å². The molecule has 0 radical (unpaired) electrons. The summed E-state index contributed by atoms with van der Waals surface area (Å²) in [5, 5.41) is 12.7. The summed E-state index contributed by atoms with van der Waals surface area (Å²) in [6.07, 6.45) is 0. The van der Waals surface area contributed by atoms with Gasteiger partial charge in [0.15, 0.2) is 6.61 Å². The van der Waals surface area contributed by atoms with Crippen molar-refractivity contribution in [2.24, 2.45) is 0 Å². The summed E-state index contributed by atoms with van der Waals surface area (Å²) >= 11 is 5.69. The molecule has 0 aliphatic carbocycles. The molecule has 2 aromatic rings. The molecule has 0 atom stereocenters. The van der Waals surface area contributed by atoms with Crippen molar-refractivity contribution in [2.75, 3.05) is 11.9 Å². The van der Waals surface area contributed by atoms with Crippen LogP contribution in [0.1, 0.15) is 10.4 Å². The number of esters is 1. The van der Waals surface area contributed by atoms with Crippen LogP contribution in [0.25, 0.3) is 0 Å². The lowest BCUT2D eigenvalue weighted by molar-refractivity contribution is -0.387. The van der Waals surface area contributed by atoms with Crippen LogP contribution in [0.15, 0.2) is 36.4 Å². The van der Waals surface area contributed by atoms with Crippen molar-refractivity contribution < 1.29 is 28.0 Å². The number of ether oxygens (including phenoxy) is 1. The number of anilines is 1. The predicted molar refractivity (Wildman–Crippen MR) is 83.4 cm³/mol. The van der Waals surface area contributed by atoms with Crippen LogP contribution in [-0.4, -0.2) is 23.4 Å². The molecule has 1 amide bonds. The first kappa shape index (κ1) is 18.3. The number of nitrogens with zero attached hydrogens (tertiary/aromatic N) is 1. The Labute approximate surface area is 144 Å². The molecule has 1 N–H and O–H groups in total. The number of carbonyl (C=O) groups is 2. The highest BCUT2D eigenvalue weighted by molar-refractivity contribution is 6.33. The molecule has 0 bridgehead atoms. The molecular formula is C15H9ClF2N2O5. The number of halogens is 3. The highest BCUT2D eigenvalue weighted by atomic mass is 35.5. The molecule has 2 aromatic carbocycles. The second-order valence-electron chi connectivity index (χ2n) is 4.67. The normalized spacial score (nSPS) is 10.2. The van der Waals surface area contributed by atoms with Gasteiger partial charge in [-0.3, -0.25) is 14.9 Å². The summed E-state index contributed by atoms with van der Waals surface area (Å²) in [6, 6.07) is 5.76. The lowest BCUT2D eigenvalue weighted by Gasteiger charge is -2.07. The minimum absolute atomic E-state index is 0.0473. The van der Waals surface area contributed by atoms with Crippen LogP contribution in [0.4, 0.5) is 20.2 Å². The van der Waals surface area contributed by atoms with Gasteiger partial charge in [0.25, 0.3) is 5.91 Å². The lowest BCUT2D eigenvalue weighted by Crippen LogP contribution is -2.21. The smallest absolute Gasteiger partial charge is 0.340 e. The molecular weight excluding hydrogens is 362 g/mol. The number of nitrogens with one attached hydrogen (secondary N) is 1. The van der Waals surface area contributed by atoms with E-state index in [0.29, 0.717) is 0 Å². The fourth-order valence-electron chi connectivity index (χ4n) is 1.79. The summed E-state index contributed by atoms with van der Waals surface area (Å²) in [6.45, 7) is -0.724. The van der Waals surface area contributed by atoms with Crippen LogP contribution in [-0.2, 0) is 9.53 Å². The van der Waals surface area contributed by atoms with E-state index in [0.717, 1.165) is 36.4 Å². The van der Waals surface area contributed by atoms with E-state index in [-0.39, 0.29) is 16.3 Å². The number of carbonyl (C=O) groups excluding carboxylic acids is 2. The number of benzene rings is 2. The van der Waals surface area contributed by atoms with Crippen molar-refractivity contribution in [2.45, 2.75) is 0 Å². The van der Waals surface area contributed by atoms with Gasteiger partial charge < -0.3 is 10.1 Å². The molecule has 0 spiro atoms. The van der Waals surface area contributed by atoms with Gasteiger partial charge in [-0.25, -0.2) is 9.18 Å². The second-order valence-corrected chi connectivity index (χ2v) is 5.08.